The minimum absolute atomic E-state index is 0.0327. The first-order valence-corrected chi connectivity index (χ1v) is 5.48. The molecule has 1 fully saturated rings. The Kier molecular flexibility index (Phi) is 5.37. The highest BCUT2D eigenvalue weighted by molar-refractivity contribution is 5.74. The smallest absolute Gasteiger partial charge is 0.315 e. The Balaban J connectivity index is 1.80. The zero-order chi connectivity index (χ0) is 10.2. The van der Waals surface area contributed by atoms with E-state index in [1.165, 1.54) is 0 Å². The van der Waals surface area contributed by atoms with E-state index < -0.39 is 0 Å². The van der Waals surface area contributed by atoms with Gasteiger partial charge in [0.2, 0.25) is 0 Å². The molecule has 82 valence electrons. The molecule has 1 rings (SSSR count). The quantitative estimate of drug-likeness (QED) is 0.537. The van der Waals surface area contributed by atoms with Crippen LogP contribution in [-0.4, -0.2) is 30.3 Å². The van der Waals surface area contributed by atoms with Gasteiger partial charge in [-0.25, -0.2) is 4.79 Å². The number of hydrogen-bond donors (Lipinski definition) is 3. The topological polar surface area (TPSA) is 61.4 Å². The monoisotopic (exact) mass is 200 g/mol. The van der Waals surface area contributed by atoms with Gasteiger partial charge in [-0.2, -0.15) is 0 Å². The van der Waals surface area contributed by atoms with Gasteiger partial charge in [0.15, 0.2) is 0 Å². The third-order valence-electron chi connectivity index (χ3n) is 2.28. The summed E-state index contributed by atoms with van der Waals surface area (Å²) < 4.78 is 0. The highest BCUT2D eigenvalue weighted by atomic mass is 16.2. The third kappa shape index (κ3) is 5.80. The molecule has 3 N–H and O–H groups in total. The van der Waals surface area contributed by atoms with Crippen LogP contribution in [0.15, 0.2) is 0 Å². The van der Waals surface area contributed by atoms with E-state index in [-0.39, 0.29) is 12.6 Å². The molecule has 2 amide bonds. The van der Waals surface area contributed by atoms with Crippen molar-refractivity contribution in [3.8, 4) is 0 Å². The average molecular weight is 200 g/mol. The van der Waals surface area contributed by atoms with Crippen molar-refractivity contribution in [2.24, 2.45) is 0 Å². The fraction of sp³-hybridized carbons (Fsp3) is 0.900. The molecule has 1 aliphatic carbocycles. The van der Waals surface area contributed by atoms with E-state index in [0.29, 0.717) is 6.04 Å². The van der Waals surface area contributed by atoms with Gasteiger partial charge in [0.05, 0.1) is 0 Å². The molecular weight excluding hydrogens is 180 g/mol. The fourth-order valence-corrected chi connectivity index (χ4v) is 1.26. The third-order valence-corrected chi connectivity index (χ3v) is 2.28. The van der Waals surface area contributed by atoms with Crippen molar-refractivity contribution < 1.29 is 9.90 Å². The Morgan fingerprint density at radius 1 is 1.21 bits per heavy atom. The first-order valence-electron chi connectivity index (χ1n) is 5.48. The average Bonchev–Trinajstić information content (AvgIpc) is 2.95. The number of nitrogens with one attached hydrogen (secondary N) is 2. The molecule has 0 bridgehead atoms. The van der Waals surface area contributed by atoms with Crippen LogP contribution < -0.4 is 10.6 Å². The number of unbranched alkanes of at least 4 members (excludes halogenated alkanes) is 3. The van der Waals surface area contributed by atoms with Gasteiger partial charge in [0.25, 0.3) is 0 Å². The Hall–Kier alpha value is -0.770. The van der Waals surface area contributed by atoms with E-state index >= 15 is 0 Å². The standard InChI is InChI=1S/C10H20N2O2/c13-8-4-2-1-3-7-11-10(14)12-9-5-6-9/h9,13H,1-8H2,(H2,11,12,14). The van der Waals surface area contributed by atoms with Crippen LogP contribution in [0.1, 0.15) is 38.5 Å². The van der Waals surface area contributed by atoms with Gasteiger partial charge < -0.3 is 15.7 Å². The van der Waals surface area contributed by atoms with Crippen molar-refractivity contribution in [2.45, 2.75) is 44.6 Å². The maximum atomic E-state index is 11.1. The minimum atomic E-state index is -0.0327. The summed E-state index contributed by atoms with van der Waals surface area (Å²) in [5.74, 6) is 0. The number of aliphatic hydroxyl groups excluding tert-OH is 1. The van der Waals surface area contributed by atoms with Crippen LogP contribution in [0, 0.1) is 0 Å². The summed E-state index contributed by atoms with van der Waals surface area (Å²) in [6.07, 6.45) is 6.24. The second-order valence-corrected chi connectivity index (χ2v) is 3.81. The van der Waals surface area contributed by atoms with Crippen molar-refractivity contribution >= 4 is 6.03 Å². The molecule has 1 saturated carbocycles. The fourth-order valence-electron chi connectivity index (χ4n) is 1.26. The maximum absolute atomic E-state index is 11.1. The molecular formula is C10H20N2O2. The van der Waals surface area contributed by atoms with Crippen LogP contribution in [0.3, 0.4) is 0 Å². The van der Waals surface area contributed by atoms with Crippen LogP contribution >= 0.6 is 0 Å². The number of carbonyl (C=O) groups is 1. The number of hydrogen-bond acceptors (Lipinski definition) is 2. The molecule has 0 radical (unpaired) electrons. The van der Waals surface area contributed by atoms with Crippen LogP contribution in [0.2, 0.25) is 0 Å². The summed E-state index contributed by atoms with van der Waals surface area (Å²) in [6.45, 7) is 1.01. The predicted molar refractivity (Wildman–Crippen MR) is 55.1 cm³/mol. The van der Waals surface area contributed by atoms with E-state index in [1.54, 1.807) is 0 Å². The molecule has 0 aliphatic heterocycles. The summed E-state index contributed by atoms with van der Waals surface area (Å²) in [5, 5.41) is 14.2. The molecule has 0 unspecified atom stereocenters. The predicted octanol–water partition coefficient (Wildman–Crippen LogP) is 1.00. The Morgan fingerprint density at radius 3 is 2.57 bits per heavy atom. The first kappa shape index (κ1) is 11.3. The second kappa shape index (κ2) is 6.65. The molecule has 14 heavy (non-hydrogen) atoms. The van der Waals surface area contributed by atoms with Crippen molar-refractivity contribution in [1.29, 1.82) is 0 Å². The summed E-state index contributed by atoms with van der Waals surface area (Å²) >= 11 is 0. The molecule has 0 heterocycles. The molecule has 0 aromatic rings. The van der Waals surface area contributed by atoms with E-state index in [4.69, 9.17) is 5.11 Å². The first-order chi connectivity index (χ1) is 6.83. The Morgan fingerprint density at radius 2 is 1.93 bits per heavy atom. The van der Waals surface area contributed by atoms with Gasteiger partial charge in [-0.15, -0.1) is 0 Å². The molecule has 0 saturated heterocycles. The lowest BCUT2D eigenvalue weighted by atomic mass is 10.2. The largest absolute Gasteiger partial charge is 0.396 e. The van der Waals surface area contributed by atoms with Crippen molar-refractivity contribution in [3.05, 3.63) is 0 Å². The SMILES string of the molecule is O=C(NCCCCCCO)NC1CC1. The zero-order valence-electron chi connectivity index (χ0n) is 8.59. The lowest BCUT2D eigenvalue weighted by Crippen LogP contribution is -2.37. The molecule has 0 aromatic heterocycles. The van der Waals surface area contributed by atoms with Gasteiger partial charge in [-0.3, -0.25) is 0 Å². The lowest BCUT2D eigenvalue weighted by Gasteiger charge is -2.05. The zero-order valence-corrected chi connectivity index (χ0v) is 8.59. The Labute approximate surface area is 85.1 Å². The van der Waals surface area contributed by atoms with Crippen molar-refractivity contribution in [3.63, 3.8) is 0 Å². The van der Waals surface area contributed by atoms with E-state index in [0.717, 1.165) is 45.1 Å². The number of aliphatic hydroxyl groups is 1. The summed E-state index contributed by atoms with van der Waals surface area (Å²) in [4.78, 5) is 11.1. The van der Waals surface area contributed by atoms with Crippen LogP contribution in [0.4, 0.5) is 4.79 Å². The molecule has 0 atom stereocenters. The van der Waals surface area contributed by atoms with Crippen LogP contribution in [-0.2, 0) is 0 Å². The van der Waals surface area contributed by atoms with E-state index in [1.807, 2.05) is 0 Å². The highest BCUT2D eigenvalue weighted by Crippen LogP contribution is 2.18. The van der Waals surface area contributed by atoms with Gasteiger partial charge in [-0.1, -0.05) is 12.8 Å². The number of amides is 2. The van der Waals surface area contributed by atoms with Crippen molar-refractivity contribution in [2.75, 3.05) is 13.2 Å². The summed E-state index contributed by atoms with van der Waals surface area (Å²) in [6, 6.07) is 0.402. The second-order valence-electron chi connectivity index (χ2n) is 3.81. The molecule has 0 aromatic carbocycles. The molecule has 0 spiro atoms. The highest BCUT2D eigenvalue weighted by Gasteiger charge is 2.22. The molecule has 4 heteroatoms. The number of urea groups is 1. The summed E-state index contributed by atoms with van der Waals surface area (Å²) in [5.41, 5.74) is 0. The number of carbonyl (C=O) groups excluding carboxylic acids is 1. The van der Waals surface area contributed by atoms with Crippen LogP contribution in [0.5, 0.6) is 0 Å². The summed E-state index contributed by atoms with van der Waals surface area (Å²) in [7, 11) is 0. The van der Waals surface area contributed by atoms with E-state index in [9.17, 15) is 4.79 Å². The van der Waals surface area contributed by atoms with Gasteiger partial charge in [0, 0.05) is 19.2 Å². The van der Waals surface area contributed by atoms with E-state index in [2.05, 4.69) is 10.6 Å². The normalized spacial score (nSPS) is 15.2. The number of rotatable bonds is 7. The minimum Gasteiger partial charge on any atom is -0.396 e. The maximum Gasteiger partial charge on any atom is 0.315 e. The molecule has 4 nitrogen and oxygen atoms in total. The molecule has 1 aliphatic rings. The Bertz CT molecular complexity index is 170. The van der Waals surface area contributed by atoms with Crippen molar-refractivity contribution in [1.82, 2.24) is 10.6 Å². The van der Waals surface area contributed by atoms with Gasteiger partial charge in [0.1, 0.15) is 0 Å². The lowest BCUT2D eigenvalue weighted by molar-refractivity contribution is 0.240. The van der Waals surface area contributed by atoms with Gasteiger partial charge in [-0.05, 0) is 25.7 Å². The van der Waals surface area contributed by atoms with Crippen LogP contribution in [0.25, 0.3) is 0 Å². The van der Waals surface area contributed by atoms with Gasteiger partial charge >= 0.3 is 6.03 Å².